The molecule has 0 aliphatic rings. The van der Waals surface area contributed by atoms with E-state index in [4.69, 9.17) is 5.73 Å². The molecular weight excluding hydrogens is 381 g/mol. The lowest BCUT2D eigenvalue weighted by Gasteiger charge is -2.12. The maximum Gasteiger partial charge on any atom is 0.433 e. The van der Waals surface area contributed by atoms with Crippen LogP contribution in [0.5, 0.6) is 0 Å². The fourth-order valence-corrected chi connectivity index (χ4v) is 2.68. The van der Waals surface area contributed by atoms with E-state index in [0.717, 1.165) is 11.6 Å². The van der Waals surface area contributed by atoms with Crippen molar-refractivity contribution < 1.29 is 18.0 Å². The van der Waals surface area contributed by atoms with Crippen LogP contribution in [0, 0.1) is 0 Å². The summed E-state index contributed by atoms with van der Waals surface area (Å²) in [4.78, 5) is 16.0. The van der Waals surface area contributed by atoms with E-state index < -0.39 is 11.9 Å². The molecule has 0 aliphatic carbocycles. The summed E-state index contributed by atoms with van der Waals surface area (Å²) in [7, 11) is 0. The number of rotatable bonds is 6. The summed E-state index contributed by atoms with van der Waals surface area (Å²) < 4.78 is 39.0. The van der Waals surface area contributed by atoms with Crippen LogP contribution in [0.15, 0.2) is 66.7 Å². The average molecular weight is 400 g/mol. The summed E-state index contributed by atoms with van der Waals surface area (Å²) >= 11 is 0. The molecule has 0 atom stereocenters. The van der Waals surface area contributed by atoms with Gasteiger partial charge in [-0.05, 0) is 47.5 Å². The van der Waals surface area contributed by atoms with Gasteiger partial charge in [-0.2, -0.15) is 13.2 Å². The van der Waals surface area contributed by atoms with Crippen molar-refractivity contribution in [3.63, 3.8) is 0 Å². The molecule has 150 valence electrons. The number of nitrogens with zero attached hydrogens (tertiary/aromatic N) is 1. The van der Waals surface area contributed by atoms with Gasteiger partial charge in [0.1, 0.15) is 11.5 Å². The van der Waals surface area contributed by atoms with E-state index >= 15 is 0 Å². The molecule has 3 aromatic rings. The Morgan fingerprint density at radius 1 is 0.966 bits per heavy atom. The van der Waals surface area contributed by atoms with Gasteiger partial charge in [-0.25, -0.2) is 4.98 Å². The summed E-state index contributed by atoms with van der Waals surface area (Å²) in [5.74, 6) is -0.208. The molecule has 4 N–H and O–H groups in total. The minimum absolute atomic E-state index is 0.0323. The second-order valence-electron chi connectivity index (χ2n) is 6.32. The molecule has 5 nitrogen and oxygen atoms in total. The van der Waals surface area contributed by atoms with E-state index in [1.165, 1.54) is 6.07 Å². The first-order valence-corrected chi connectivity index (χ1v) is 8.82. The van der Waals surface area contributed by atoms with Gasteiger partial charge in [0.25, 0.3) is 5.91 Å². The fraction of sp³-hybridized carbons (Fsp3) is 0.143. The predicted octanol–water partition coefficient (Wildman–Crippen LogP) is 4.42. The van der Waals surface area contributed by atoms with Crippen molar-refractivity contribution in [2.75, 3.05) is 10.6 Å². The number of nitrogens with one attached hydrogen (secondary N) is 2. The highest BCUT2D eigenvalue weighted by atomic mass is 19.4. The topological polar surface area (TPSA) is 80.0 Å². The number of pyridine rings is 1. The van der Waals surface area contributed by atoms with Crippen LogP contribution in [0.3, 0.4) is 0 Å². The minimum Gasteiger partial charge on any atom is -0.366 e. The van der Waals surface area contributed by atoms with Gasteiger partial charge in [-0.3, -0.25) is 4.79 Å². The van der Waals surface area contributed by atoms with Gasteiger partial charge >= 0.3 is 6.18 Å². The molecule has 3 rings (SSSR count). The Morgan fingerprint density at radius 3 is 2.41 bits per heavy atom. The Hall–Kier alpha value is -3.39. The number of nitrogens with two attached hydrogens (primary N) is 1. The third-order valence-electron chi connectivity index (χ3n) is 4.11. The maximum absolute atomic E-state index is 13.0. The number of hydrogen-bond donors (Lipinski definition) is 3. The van der Waals surface area contributed by atoms with Gasteiger partial charge in [0.05, 0.1) is 0 Å². The van der Waals surface area contributed by atoms with Crippen LogP contribution in [-0.2, 0) is 19.3 Å². The average Bonchev–Trinajstić information content (AvgIpc) is 2.72. The molecule has 1 aromatic heterocycles. The lowest BCUT2D eigenvalue weighted by Crippen LogP contribution is -2.14. The number of amides is 1. The van der Waals surface area contributed by atoms with Crippen LogP contribution in [-0.4, -0.2) is 10.9 Å². The molecule has 1 heterocycles. The predicted molar refractivity (Wildman–Crippen MR) is 105 cm³/mol. The Bertz CT molecular complexity index is 991. The second kappa shape index (κ2) is 8.74. The van der Waals surface area contributed by atoms with Crippen molar-refractivity contribution in [3.8, 4) is 0 Å². The van der Waals surface area contributed by atoms with E-state index in [1.807, 2.05) is 18.2 Å². The summed E-state index contributed by atoms with van der Waals surface area (Å²) in [5.41, 5.74) is 6.64. The van der Waals surface area contributed by atoms with Crippen molar-refractivity contribution in [1.29, 1.82) is 0 Å². The number of carbonyl (C=O) groups excluding carboxylic acids is 1. The van der Waals surface area contributed by atoms with Gasteiger partial charge in [-0.15, -0.1) is 0 Å². The summed E-state index contributed by atoms with van der Waals surface area (Å²) in [6.07, 6.45) is -4.56. The molecule has 0 saturated heterocycles. The zero-order valence-electron chi connectivity index (χ0n) is 15.3. The Morgan fingerprint density at radius 2 is 1.72 bits per heavy atom. The Balaban J connectivity index is 1.72. The molecule has 0 bridgehead atoms. The molecule has 29 heavy (non-hydrogen) atoms. The van der Waals surface area contributed by atoms with Crippen LogP contribution in [0.1, 0.15) is 27.2 Å². The highest BCUT2D eigenvalue weighted by Crippen LogP contribution is 2.29. The van der Waals surface area contributed by atoms with Crippen LogP contribution < -0.4 is 16.4 Å². The first-order chi connectivity index (χ1) is 13.8. The smallest absolute Gasteiger partial charge is 0.366 e. The Labute approximate surface area is 165 Å². The lowest BCUT2D eigenvalue weighted by molar-refractivity contribution is -0.141. The van der Waals surface area contributed by atoms with Crippen molar-refractivity contribution in [1.82, 2.24) is 4.98 Å². The standard InChI is InChI=1S/C21H19F3N4O/c22-21(23,24)18-10-15(12-25)11-19(28-18)26-13-14-5-4-6-16(9-14)20(29)27-17-7-2-1-3-8-17/h1-11H,12-13,25H2,(H,26,28)(H,27,29). The van der Waals surface area contributed by atoms with Crippen molar-refractivity contribution in [2.24, 2.45) is 5.73 Å². The monoisotopic (exact) mass is 400 g/mol. The first-order valence-electron chi connectivity index (χ1n) is 8.82. The molecule has 0 fully saturated rings. The van der Waals surface area contributed by atoms with Gasteiger partial charge in [0.2, 0.25) is 0 Å². The molecular formula is C21H19F3N4O. The zero-order chi connectivity index (χ0) is 20.9. The van der Waals surface area contributed by atoms with E-state index in [2.05, 4.69) is 15.6 Å². The molecule has 0 radical (unpaired) electrons. The number of halogens is 3. The van der Waals surface area contributed by atoms with Crippen LogP contribution in [0.2, 0.25) is 0 Å². The molecule has 8 heteroatoms. The largest absolute Gasteiger partial charge is 0.433 e. The number of carbonyl (C=O) groups is 1. The first kappa shape index (κ1) is 20.3. The third kappa shape index (κ3) is 5.55. The number of hydrogen-bond acceptors (Lipinski definition) is 4. The van der Waals surface area contributed by atoms with Crippen molar-refractivity contribution >= 4 is 17.4 Å². The van der Waals surface area contributed by atoms with E-state index in [0.29, 0.717) is 16.8 Å². The Kier molecular flexibility index (Phi) is 6.13. The summed E-state index contributed by atoms with van der Waals surface area (Å²) in [5, 5.41) is 5.65. The van der Waals surface area contributed by atoms with Crippen molar-refractivity contribution in [2.45, 2.75) is 19.3 Å². The molecule has 0 saturated carbocycles. The normalized spacial score (nSPS) is 11.2. The second-order valence-corrected chi connectivity index (χ2v) is 6.32. The van der Waals surface area contributed by atoms with Crippen molar-refractivity contribution in [3.05, 3.63) is 89.1 Å². The molecule has 0 spiro atoms. The van der Waals surface area contributed by atoms with Gasteiger partial charge < -0.3 is 16.4 Å². The zero-order valence-corrected chi connectivity index (χ0v) is 15.3. The number of anilines is 2. The maximum atomic E-state index is 13.0. The van der Waals surface area contributed by atoms with Gasteiger partial charge in [0, 0.05) is 24.3 Å². The molecule has 0 unspecified atom stereocenters. The highest BCUT2D eigenvalue weighted by molar-refractivity contribution is 6.04. The summed E-state index contributed by atoms with van der Waals surface area (Å²) in [6.45, 7) is 0.167. The van der Waals surface area contributed by atoms with Gasteiger partial charge in [-0.1, -0.05) is 30.3 Å². The summed E-state index contributed by atoms with van der Waals surface area (Å²) in [6, 6.07) is 18.2. The minimum atomic E-state index is -4.56. The van der Waals surface area contributed by atoms with Crippen LogP contribution in [0.25, 0.3) is 0 Å². The number of para-hydroxylation sites is 1. The molecule has 2 aromatic carbocycles. The lowest BCUT2D eigenvalue weighted by atomic mass is 10.1. The highest BCUT2D eigenvalue weighted by Gasteiger charge is 2.33. The van der Waals surface area contributed by atoms with E-state index in [-0.39, 0.29) is 24.8 Å². The van der Waals surface area contributed by atoms with Gasteiger partial charge in [0.15, 0.2) is 0 Å². The van der Waals surface area contributed by atoms with Crippen LogP contribution >= 0.6 is 0 Å². The SMILES string of the molecule is NCc1cc(NCc2cccc(C(=O)Nc3ccccc3)c2)nc(C(F)(F)F)c1. The number of alkyl halides is 3. The quantitative estimate of drug-likeness (QED) is 0.572. The molecule has 0 aliphatic heterocycles. The van der Waals surface area contributed by atoms with E-state index in [1.54, 1.807) is 36.4 Å². The fourth-order valence-electron chi connectivity index (χ4n) is 2.68. The third-order valence-corrected chi connectivity index (χ3v) is 4.11. The number of benzene rings is 2. The van der Waals surface area contributed by atoms with E-state index in [9.17, 15) is 18.0 Å². The number of aromatic nitrogens is 1. The molecule has 1 amide bonds. The van der Waals surface area contributed by atoms with Crippen LogP contribution in [0.4, 0.5) is 24.7 Å².